The van der Waals surface area contributed by atoms with Crippen LogP contribution >= 0.6 is 7.60 Å². The monoisotopic (exact) mass is 282 g/mol. The molecule has 19 heavy (non-hydrogen) atoms. The van der Waals surface area contributed by atoms with Gasteiger partial charge in [-0.1, -0.05) is 31.2 Å². The van der Waals surface area contributed by atoms with Crippen LogP contribution in [-0.2, 0) is 9.09 Å². The van der Waals surface area contributed by atoms with E-state index in [4.69, 9.17) is 4.52 Å². The highest BCUT2D eigenvalue weighted by Gasteiger charge is 2.27. The minimum atomic E-state index is -3.95. The molecule has 0 aliphatic carbocycles. The Bertz CT molecular complexity index is 642. The predicted molar refractivity (Wildman–Crippen MR) is 74.2 cm³/mol. The van der Waals surface area contributed by atoms with Crippen molar-refractivity contribution in [2.24, 2.45) is 0 Å². The summed E-state index contributed by atoms with van der Waals surface area (Å²) in [6, 6.07) is 9.11. The molecule has 2 rings (SSSR count). The minimum Gasteiger partial charge on any atom is -0.321 e. The van der Waals surface area contributed by atoms with Gasteiger partial charge in [0.15, 0.2) is 0 Å². The summed E-state index contributed by atoms with van der Waals surface area (Å²) in [4.78, 5) is 10.1. The van der Waals surface area contributed by atoms with E-state index in [1.165, 1.54) is 12.1 Å². The maximum absolute atomic E-state index is 13.7. The van der Waals surface area contributed by atoms with E-state index in [1.54, 1.807) is 31.2 Å². The van der Waals surface area contributed by atoms with Crippen molar-refractivity contribution in [2.45, 2.75) is 26.4 Å². The van der Waals surface area contributed by atoms with Crippen molar-refractivity contribution in [3.8, 4) is 0 Å². The van der Waals surface area contributed by atoms with E-state index in [2.05, 4.69) is 0 Å². The Hall–Kier alpha value is -1.22. The van der Waals surface area contributed by atoms with Crippen LogP contribution in [0.1, 0.15) is 20.3 Å². The molecule has 2 aromatic carbocycles. The molecule has 0 aliphatic heterocycles. The average Bonchev–Trinajstić information content (AvgIpc) is 2.38. The topological polar surface area (TPSA) is 46.5 Å². The molecule has 0 amide bonds. The van der Waals surface area contributed by atoms with Crippen LogP contribution in [0.25, 0.3) is 10.8 Å². The van der Waals surface area contributed by atoms with E-state index in [9.17, 15) is 13.8 Å². The Morgan fingerprint density at radius 2 is 1.89 bits per heavy atom. The van der Waals surface area contributed by atoms with Gasteiger partial charge < -0.3 is 9.42 Å². The molecule has 2 aromatic rings. The fourth-order valence-electron chi connectivity index (χ4n) is 1.87. The van der Waals surface area contributed by atoms with Crippen molar-refractivity contribution >= 4 is 23.7 Å². The first-order valence-corrected chi connectivity index (χ1v) is 7.72. The molecule has 2 unspecified atom stereocenters. The molecular weight excluding hydrogens is 266 g/mol. The molecule has 0 saturated heterocycles. The van der Waals surface area contributed by atoms with Gasteiger partial charge in [-0.2, -0.15) is 0 Å². The van der Waals surface area contributed by atoms with Gasteiger partial charge in [-0.3, -0.25) is 4.57 Å². The van der Waals surface area contributed by atoms with Crippen molar-refractivity contribution in [1.29, 1.82) is 0 Å². The third-order valence-corrected chi connectivity index (χ3v) is 4.69. The smallest absolute Gasteiger partial charge is 0.321 e. The molecule has 102 valence electrons. The quantitative estimate of drug-likeness (QED) is 0.871. The highest BCUT2D eigenvalue weighted by Crippen LogP contribution is 2.44. The number of halogens is 1. The molecule has 5 heteroatoms. The second-order valence-corrected chi connectivity index (χ2v) is 6.19. The molecule has 3 nitrogen and oxygen atoms in total. The van der Waals surface area contributed by atoms with E-state index in [1.807, 2.05) is 6.92 Å². The standard InChI is InChI=1S/C14H16FO3P/c1-3-10(2)18-19(16,17)14-9-8-13(15)11-6-4-5-7-12(11)14/h4-10H,3H2,1-2H3,(H,16,17). The van der Waals surface area contributed by atoms with Gasteiger partial charge in [0, 0.05) is 5.39 Å². The van der Waals surface area contributed by atoms with Crippen LogP contribution in [0.15, 0.2) is 36.4 Å². The summed E-state index contributed by atoms with van der Waals surface area (Å²) in [5.41, 5.74) is 0. The predicted octanol–water partition coefficient (Wildman–Crippen LogP) is 3.60. The van der Waals surface area contributed by atoms with Crippen molar-refractivity contribution < 1.29 is 18.4 Å². The van der Waals surface area contributed by atoms with E-state index in [-0.39, 0.29) is 11.4 Å². The molecule has 2 atom stereocenters. The van der Waals surface area contributed by atoms with Crippen molar-refractivity contribution in [1.82, 2.24) is 0 Å². The lowest BCUT2D eigenvalue weighted by atomic mass is 10.1. The Kier molecular flexibility index (Phi) is 4.04. The number of rotatable bonds is 4. The first-order chi connectivity index (χ1) is 8.95. The molecule has 0 fully saturated rings. The van der Waals surface area contributed by atoms with Gasteiger partial charge in [0.25, 0.3) is 0 Å². The molecule has 1 N–H and O–H groups in total. The maximum Gasteiger partial charge on any atom is 0.359 e. The van der Waals surface area contributed by atoms with Gasteiger partial charge in [0.2, 0.25) is 0 Å². The first kappa shape index (κ1) is 14.2. The fourth-order valence-corrected chi connectivity index (χ4v) is 3.38. The van der Waals surface area contributed by atoms with Gasteiger partial charge in [-0.25, -0.2) is 4.39 Å². The summed E-state index contributed by atoms with van der Waals surface area (Å²) in [5.74, 6) is -0.414. The lowest BCUT2D eigenvalue weighted by Gasteiger charge is -2.18. The highest BCUT2D eigenvalue weighted by atomic mass is 31.2. The van der Waals surface area contributed by atoms with Crippen molar-refractivity contribution in [2.75, 3.05) is 0 Å². The summed E-state index contributed by atoms with van der Waals surface area (Å²) in [5, 5.41) is 0.878. The van der Waals surface area contributed by atoms with E-state index in [0.29, 0.717) is 17.2 Å². The minimum absolute atomic E-state index is 0.143. The van der Waals surface area contributed by atoms with Gasteiger partial charge in [-0.05, 0) is 30.9 Å². The highest BCUT2D eigenvalue weighted by molar-refractivity contribution is 7.61. The third kappa shape index (κ3) is 2.86. The normalized spacial score (nSPS) is 16.2. The molecule has 0 spiro atoms. The molecule has 0 radical (unpaired) electrons. The number of fused-ring (bicyclic) bond motifs is 1. The number of benzene rings is 2. The van der Waals surface area contributed by atoms with Crippen LogP contribution < -0.4 is 5.30 Å². The second kappa shape index (κ2) is 5.41. The van der Waals surface area contributed by atoms with Gasteiger partial charge >= 0.3 is 7.60 Å². The summed E-state index contributed by atoms with van der Waals surface area (Å²) in [6.45, 7) is 3.60. The summed E-state index contributed by atoms with van der Waals surface area (Å²) in [7, 11) is -3.95. The van der Waals surface area contributed by atoms with Crippen LogP contribution in [0.4, 0.5) is 4.39 Å². The second-order valence-electron chi connectivity index (χ2n) is 4.46. The summed E-state index contributed by atoms with van der Waals surface area (Å²) < 4.78 is 31.2. The maximum atomic E-state index is 13.7. The van der Waals surface area contributed by atoms with Crippen LogP contribution in [0.3, 0.4) is 0 Å². The zero-order valence-corrected chi connectivity index (χ0v) is 11.7. The fraction of sp³-hybridized carbons (Fsp3) is 0.286. The van der Waals surface area contributed by atoms with Crippen LogP contribution in [-0.4, -0.2) is 11.0 Å². The summed E-state index contributed by atoms with van der Waals surface area (Å²) in [6.07, 6.45) is 0.295. The summed E-state index contributed by atoms with van der Waals surface area (Å²) >= 11 is 0. The number of hydrogen-bond acceptors (Lipinski definition) is 2. The Balaban J connectivity index is 2.57. The van der Waals surface area contributed by atoms with Gasteiger partial charge in [0.1, 0.15) is 5.82 Å². The molecule has 0 aliphatic rings. The van der Waals surface area contributed by atoms with Crippen LogP contribution in [0.2, 0.25) is 0 Å². The molecular formula is C14H16FO3P. The van der Waals surface area contributed by atoms with Gasteiger partial charge in [-0.15, -0.1) is 0 Å². The van der Waals surface area contributed by atoms with E-state index >= 15 is 0 Å². The molecule has 0 bridgehead atoms. The first-order valence-electron chi connectivity index (χ1n) is 6.14. The Morgan fingerprint density at radius 3 is 2.53 bits per heavy atom. The Labute approximate surface area is 111 Å². The number of hydrogen-bond donors (Lipinski definition) is 1. The lowest BCUT2D eigenvalue weighted by Crippen LogP contribution is -2.14. The van der Waals surface area contributed by atoms with Gasteiger partial charge in [0.05, 0.1) is 11.4 Å². The van der Waals surface area contributed by atoms with Crippen LogP contribution in [0.5, 0.6) is 0 Å². The third-order valence-electron chi connectivity index (χ3n) is 3.05. The zero-order valence-electron chi connectivity index (χ0n) is 10.8. The van der Waals surface area contributed by atoms with E-state index < -0.39 is 13.4 Å². The Morgan fingerprint density at radius 1 is 1.26 bits per heavy atom. The van der Waals surface area contributed by atoms with Crippen molar-refractivity contribution in [3.05, 3.63) is 42.2 Å². The van der Waals surface area contributed by atoms with Crippen molar-refractivity contribution in [3.63, 3.8) is 0 Å². The lowest BCUT2D eigenvalue weighted by molar-refractivity contribution is 0.192. The molecule has 0 aromatic heterocycles. The largest absolute Gasteiger partial charge is 0.359 e. The van der Waals surface area contributed by atoms with E-state index in [0.717, 1.165) is 0 Å². The molecule has 0 heterocycles. The molecule has 0 saturated carbocycles. The zero-order chi connectivity index (χ0) is 14.0. The van der Waals surface area contributed by atoms with Crippen LogP contribution in [0, 0.1) is 5.82 Å². The SMILES string of the molecule is CCC(C)OP(=O)(O)c1ccc(F)c2ccccc12. The average molecular weight is 282 g/mol.